The molecule has 0 radical (unpaired) electrons. The Labute approximate surface area is 161 Å². The third-order valence-corrected chi connectivity index (χ3v) is 5.07. The predicted molar refractivity (Wildman–Crippen MR) is 96.6 cm³/mol. The van der Waals surface area contributed by atoms with Gasteiger partial charge < -0.3 is 19.6 Å². The Morgan fingerprint density at radius 3 is 2.81 bits per heavy atom. The number of hydrogen-bond acceptors (Lipinski definition) is 8. The van der Waals surface area contributed by atoms with Crippen LogP contribution in [0.5, 0.6) is 5.75 Å². The van der Waals surface area contributed by atoms with Gasteiger partial charge in [-0.05, 0) is 0 Å². The third kappa shape index (κ3) is 3.28. The number of H-pyrrole nitrogens is 1. The average Bonchev–Trinajstić information content (AvgIpc) is 3.20. The molecular formula is C16H14ClN3O6S. The van der Waals surface area contributed by atoms with Crippen molar-refractivity contribution in [3.8, 4) is 5.75 Å². The standard InChI is InChI=1S/C16H14ClN3O6S/c1-25-9(21)5-7(11-13(17)19-16-20(11)3-4-27-16)10-12(22)8(15(24)26-2)6-18-14(10)23/h3-4,6-7H,5H2,1-2H3,(H2,18,22,23)/t7-/m0/s1. The SMILES string of the molecule is COC(=O)C[C@@H](c1c(O)c(C(=O)OC)c[nH]c1=O)c1c(Cl)nc2sccn12. The summed E-state index contributed by atoms with van der Waals surface area (Å²) in [6, 6.07) is 0. The first-order valence-corrected chi connectivity index (χ1v) is 8.85. The molecule has 0 aliphatic heterocycles. The zero-order valence-electron chi connectivity index (χ0n) is 14.2. The maximum Gasteiger partial charge on any atom is 0.343 e. The number of aromatic nitrogens is 3. The molecule has 0 saturated carbocycles. The molecule has 0 saturated heterocycles. The first-order valence-electron chi connectivity index (χ1n) is 7.59. The van der Waals surface area contributed by atoms with Crippen LogP contribution in [-0.4, -0.2) is 45.6 Å². The van der Waals surface area contributed by atoms with Gasteiger partial charge in [-0.1, -0.05) is 11.6 Å². The van der Waals surface area contributed by atoms with E-state index in [0.29, 0.717) is 10.7 Å². The number of hydrogen-bond donors (Lipinski definition) is 2. The zero-order chi connectivity index (χ0) is 19.7. The first kappa shape index (κ1) is 18.9. The zero-order valence-corrected chi connectivity index (χ0v) is 15.8. The van der Waals surface area contributed by atoms with E-state index in [4.69, 9.17) is 16.3 Å². The number of imidazole rings is 1. The molecule has 0 aromatic carbocycles. The summed E-state index contributed by atoms with van der Waals surface area (Å²) in [7, 11) is 2.34. The Morgan fingerprint density at radius 1 is 1.41 bits per heavy atom. The fourth-order valence-corrected chi connectivity index (χ4v) is 3.87. The molecule has 3 heterocycles. The summed E-state index contributed by atoms with van der Waals surface area (Å²) in [5.41, 5.74) is -0.821. The molecule has 3 rings (SSSR count). The second-order valence-corrected chi connectivity index (χ2v) is 6.69. The molecule has 11 heteroatoms. The van der Waals surface area contributed by atoms with Crippen LogP contribution in [0.3, 0.4) is 0 Å². The van der Waals surface area contributed by atoms with E-state index < -0.39 is 29.2 Å². The smallest absolute Gasteiger partial charge is 0.343 e. The van der Waals surface area contributed by atoms with Crippen molar-refractivity contribution in [2.75, 3.05) is 14.2 Å². The number of aromatic amines is 1. The normalized spacial score (nSPS) is 12.1. The topological polar surface area (TPSA) is 123 Å². The van der Waals surface area contributed by atoms with Crippen LogP contribution in [0.25, 0.3) is 4.96 Å². The van der Waals surface area contributed by atoms with Crippen molar-refractivity contribution < 1.29 is 24.2 Å². The Balaban J connectivity index is 2.28. The van der Waals surface area contributed by atoms with Gasteiger partial charge in [0.15, 0.2) is 10.1 Å². The molecule has 0 aliphatic rings. The number of halogens is 1. The minimum Gasteiger partial charge on any atom is -0.506 e. The van der Waals surface area contributed by atoms with Crippen molar-refractivity contribution in [2.45, 2.75) is 12.3 Å². The lowest BCUT2D eigenvalue weighted by molar-refractivity contribution is -0.140. The molecule has 1 atom stereocenters. The average molecular weight is 412 g/mol. The summed E-state index contributed by atoms with van der Waals surface area (Å²) in [6.45, 7) is 0. The van der Waals surface area contributed by atoms with Gasteiger partial charge in [-0.15, -0.1) is 11.3 Å². The van der Waals surface area contributed by atoms with Gasteiger partial charge in [-0.25, -0.2) is 9.78 Å². The number of ether oxygens (including phenoxy) is 2. The maximum atomic E-state index is 12.5. The van der Waals surface area contributed by atoms with Crippen molar-refractivity contribution in [2.24, 2.45) is 0 Å². The number of carbonyl (C=O) groups excluding carboxylic acids is 2. The van der Waals surface area contributed by atoms with E-state index in [1.54, 1.807) is 16.0 Å². The van der Waals surface area contributed by atoms with Crippen molar-refractivity contribution >= 4 is 39.8 Å². The lowest BCUT2D eigenvalue weighted by Crippen LogP contribution is -2.23. The van der Waals surface area contributed by atoms with Crippen molar-refractivity contribution in [1.29, 1.82) is 0 Å². The van der Waals surface area contributed by atoms with Gasteiger partial charge in [-0.2, -0.15) is 0 Å². The third-order valence-electron chi connectivity index (χ3n) is 4.04. The number of aromatic hydroxyl groups is 1. The highest BCUT2D eigenvalue weighted by Crippen LogP contribution is 2.38. The molecule has 9 nitrogen and oxygen atoms in total. The van der Waals surface area contributed by atoms with Gasteiger partial charge in [0.2, 0.25) is 0 Å². The first-order chi connectivity index (χ1) is 12.9. The van der Waals surface area contributed by atoms with Crippen LogP contribution in [0.2, 0.25) is 5.15 Å². The van der Waals surface area contributed by atoms with Crippen molar-refractivity contribution in [1.82, 2.24) is 14.4 Å². The number of nitrogens with zero attached hydrogens (tertiary/aromatic N) is 2. The van der Waals surface area contributed by atoms with Crippen LogP contribution in [0.4, 0.5) is 0 Å². The van der Waals surface area contributed by atoms with Crippen molar-refractivity contribution in [3.05, 3.63) is 50.1 Å². The Bertz CT molecular complexity index is 1090. The van der Waals surface area contributed by atoms with Crippen LogP contribution in [0.1, 0.15) is 34.0 Å². The highest BCUT2D eigenvalue weighted by atomic mass is 35.5. The van der Waals surface area contributed by atoms with E-state index in [-0.39, 0.29) is 22.7 Å². The van der Waals surface area contributed by atoms with Crippen molar-refractivity contribution in [3.63, 3.8) is 0 Å². The fraction of sp³-hybridized carbons (Fsp3) is 0.250. The molecule has 0 unspecified atom stereocenters. The van der Waals surface area contributed by atoms with E-state index in [9.17, 15) is 19.5 Å². The molecular weight excluding hydrogens is 398 g/mol. The van der Waals surface area contributed by atoms with E-state index >= 15 is 0 Å². The van der Waals surface area contributed by atoms with Crippen LogP contribution in [0.15, 0.2) is 22.6 Å². The van der Waals surface area contributed by atoms with Crippen LogP contribution in [0, 0.1) is 0 Å². The molecule has 0 bridgehead atoms. The summed E-state index contributed by atoms with van der Waals surface area (Å²) < 4.78 is 10.9. The maximum absolute atomic E-state index is 12.5. The predicted octanol–water partition coefficient (Wildman–Crippen LogP) is 1.92. The summed E-state index contributed by atoms with van der Waals surface area (Å²) in [4.78, 5) is 43.5. The lowest BCUT2D eigenvalue weighted by atomic mass is 9.91. The quantitative estimate of drug-likeness (QED) is 0.615. The largest absolute Gasteiger partial charge is 0.506 e. The summed E-state index contributed by atoms with van der Waals surface area (Å²) >= 11 is 7.56. The van der Waals surface area contributed by atoms with Gasteiger partial charge in [0.25, 0.3) is 5.56 Å². The van der Waals surface area contributed by atoms with E-state index in [1.807, 2.05) is 0 Å². The molecule has 27 heavy (non-hydrogen) atoms. The number of fused-ring (bicyclic) bond motifs is 1. The summed E-state index contributed by atoms with van der Waals surface area (Å²) in [5.74, 6) is -3.09. The van der Waals surface area contributed by atoms with Gasteiger partial charge in [0, 0.05) is 23.7 Å². The highest BCUT2D eigenvalue weighted by molar-refractivity contribution is 7.15. The molecule has 0 amide bonds. The number of nitrogens with one attached hydrogen (secondary N) is 1. The molecule has 0 fully saturated rings. The lowest BCUT2D eigenvalue weighted by Gasteiger charge is -2.17. The molecule has 3 aromatic heterocycles. The van der Waals surface area contributed by atoms with Gasteiger partial charge in [0.05, 0.1) is 31.9 Å². The number of esters is 2. The van der Waals surface area contributed by atoms with E-state index in [2.05, 4.69) is 14.7 Å². The minimum atomic E-state index is -1.01. The monoisotopic (exact) mass is 411 g/mol. The second kappa shape index (κ2) is 7.41. The number of carbonyl (C=O) groups is 2. The van der Waals surface area contributed by atoms with E-state index in [1.165, 1.54) is 18.4 Å². The van der Waals surface area contributed by atoms with Gasteiger partial charge >= 0.3 is 11.9 Å². The fourth-order valence-electron chi connectivity index (χ4n) is 2.80. The van der Waals surface area contributed by atoms with E-state index in [0.717, 1.165) is 13.3 Å². The number of methoxy groups -OCH3 is 2. The second-order valence-electron chi connectivity index (χ2n) is 5.46. The Morgan fingerprint density at radius 2 is 2.15 bits per heavy atom. The summed E-state index contributed by atoms with van der Waals surface area (Å²) in [5, 5.41) is 12.4. The Kier molecular flexibility index (Phi) is 5.19. The molecule has 0 aliphatic carbocycles. The Hall–Kier alpha value is -2.85. The number of thiazole rings is 1. The molecule has 2 N–H and O–H groups in total. The molecule has 142 valence electrons. The van der Waals surface area contributed by atoms with Crippen LogP contribution < -0.4 is 5.56 Å². The van der Waals surface area contributed by atoms with Crippen LogP contribution >= 0.6 is 22.9 Å². The summed E-state index contributed by atoms with van der Waals surface area (Å²) in [6.07, 6.45) is 2.41. The number of pyridine rings is 1. The number of rotatable bonds is 5. The minimum absolute atomic E-state index is 0.0676. The highest BCUT2D eigenvalue weighted by Gasteiger charge is 2.32. The molecule has 0 spiro atoms. The van der Waals surface area contributed by atoms with Crippen LogP contribution in [-0.2, 0) is 14.3 Å². The molecule has 3 aromatic rings. The van der Waals surface area contributed by atoms with Gasteiger partial charge in [0.1, 0.15) is 11.3 Å². The van der Waals surface area contributed by atoms with Gasteiger partial charge in [-0.3, -0.25) is 14.0 Å².